The van der Waals surface area contributed by atoms with Crippen molar-refractivity contribution in [1.82, 2.24) is 4.90 Å². The Labute approximate surface area is 175 Å². The summed E-state index contributed by atoms with van der Waals surface area (Å²) in [7, 11) is 0. The molecule has 1 fully saturated rings. The van der Waals surface area contributed by atoms with E-state index in [1.54, 1.807) is 12.1 Å². The van der Waals surface area contributed by atoms with Crippen LogP contribution in [0.15, 0.2) is 48.5 Å². The molecule has 0 bridgehead atoms. The molecule has 1 aliphatic rings. The second-order valence-electron chi connectivity index (χ2n) is 6.72. The van der Waals surface area contributed by atoms with Gasteiger partial charge >= 0.3 is 0 Å². The van der Waals surface area contributed by atoms with E-state index in [4.69, 9.17) is 16.3 Å². The zero-order chi connectivity index (χ0) is 18.4. The number of nitrogens with zero attached hydrogens (tertiary/aromatic N) is 2. The average Bonchev–Trinajstić information content (AvgIpc) is 2.65. The fraction of sp³-hybridized carbons (Fsp3) is 0.400. The number of rotatable bonds is 7. The third-order valence-electron chi connectivity index (χ3n) is 4.87. The van der Waals surface area contributed by atoms with E-state index in [0.29, 0.717) is 12.4 Å². The first kappa shape index (κ1) is 21.7. The molecule has 0 spiro atoms. The Kier molecular flexibility index (Phi) is 8.54. The summed E-state index contributed by atoms with van der Waals surface area (Å²) in [6, 6.07) is 14.4. The zero-order valence-electron chi connectivity index (χ0n) is 15.1. The van der Waals surface area contributed by atoms with Gasteiger partial charge in [0.05, 0.1) is 4.92 Å². The molecular weight excluding hydrogens is 432 g/mol. The van der Waals surface area contributed by atoms with Crippen molar-refractivity contribution in [2.24, 2.45) is 5.92 Å². The molecule has 0 aliphatic carbocycles. The molecule has 0 radical (unpaired) electrons. The fourth-order valence-corrected chi connectivity index (χ4v) is 3.45. The molecule has 2 aromatic carbocycles. The number of ether oxygens (including phenoxy) is 1. The lowest BCUT2D eigenvalue weighted by atomic mass is 9.90. The molecule has 5 nitrogen and oxygen atoms in total. The summed E-state index contributed by atoms with van der Waals surface area (Å²) in [5, 5.41) is 11.4. The Hall–Kier alpha value is -1.63. The topological polar surface area (TPSA) is 55.6 Å². The van der Waals surface area contributed by atoms with Crippen LogP contribution in [-0.4, -0.2) is 36.1 Å². The number of piperidine rings is 1. The molecule has 27 heavy (non-hydrogen) atoms. The van der Waals surface area contributed by atoms with Crippen LogP contribution in [0.25, 0.3) is 0 Å². The zero-order valence-corrected chi connectivity index (χ0v) is 17.5. The maximum Gasteiger partial charge on any atom is 0.269 e. The molecule has 0 atom stereocenters. The van der Waals surface area contributed by atoms with Crippen molar-refractivity contribution in [3.8, 4) is 5.75 Å². The normalized spacial score (nSPS) is 15.1. The summed E-state index contributed by atoms with van der Waals surface area (Å²) >= 11 is 5.94. The van der Waals surface area contributed by atoms with Gasteiger partial charge in [0.2, 0.25) is 0 Å². The van der Waals surface area contributed by atoms with Gasteiger partial charge in [0.25, 0.3) is 5.69 Å². The van der Waals surface area contributed by atoms with Gasteiger partial charge in [-0.05, 0) is 68.1 Å². The van der Waals surface area contributed by atoms with Crippen LogP contribution in [0.1, 0.15) is 18.4 Å². The van der Waals surface area contributed by atoms with Gasteiger partial charge in [-0.25, -0.2) is 0 Å². The lowest BCUT2D eigenvalue weighted by Gasteiger charge is -2.31. The minimum absolute atomic E-state index is 0. The smallest absolute Gasteiger partial charge is 0.269 e. The Morgan fingerprint density at radius 1 is 1.07 bits per heavy atom. The minimum Gasteiger partial charge on any atom is -0.492 e. The summed E-state index contributed by atoms with van der Waals surface area (Å²) in [5.41, 5.74) is 1.44. The summed E-state index contributed by atoms with van der Waals surface area (Å²) in [6.07, 6.45) is 3.50. The predicted molar refractivity (Wildman–Crippen MR) is 113 cm³/mol. The monoisotopic (exact) mass is 454 g/mol. The number of non-ortho nitro benzene ring substituents is 1. The van der Waals surface area contributed by atoms with Gasteiger partial charge in [0.1, 0.15) is 12.4 Å². The van der Waals surface area contributed by atoms with Gasteiger partial charge in [0, 0.05) is 23.7 Å². The summed E-state index contributed by atoms with van der Waals surface area (Å²) < 4.78 is 5.70. The van der Waals surface area contributed by atoms with Crippen molar-refractivity contribution in [2.75, 3.05) is 26.2 Å². The summed E-state index contributed by atoms with van der Waals surface area (Å²) in [4.78, 5) is 12.7. The van der Waals surface area contributed by atoms with E-state index < -0.39 is 4.92 Å². The van der Waals surface area contributed by atoms with Gasteiger partial charge in [-0.15, -0.1) is 17.0 Å². The number of nitro benzene ring substituents is 1. The van der Waals surface area contributed by atoms with E-state index in [2.05, 4.69) is 17.0 Å². The van der Waals surface area contributed by atoms with Crippen molar-refractivity contribution in [3.05, 3.63) is 69.2 Å². The Morgan fingerprint density at radius 3 is 2.30 bits per heavy atom. The molecule has 0 N–H and O–H groups in total. The standard InChI is InChI=1S/C20H23ClN2O3.BrH/c21-18-3-1-16(2-4-18)15-17-9-11-22(12-10-17)13-14-26-20-7-5-19(6-8-20)23(24)25;/h1-8,17H,9-15H2;1H. The molecule has 2 aromatic rings. The van der Waals surface area contributed by atoms with E-state index >= 15 is 0 Å². The van der Waals surface area contributed by atoms with Crippen LogP contribution in [0.4, 0.5) is 5.69 Å². The molecule has 0 aromatic heterocycles. The van der Waals surface area contributed by atoms with Gasteiger partial charge in [-0.1, -0.05) is 23.7 Å². The first-order chi connectivity index (χ1) is 12.6. The first-order valence-corrected chi connectivity index (χ1v) is 9.32. The Balaban J connectivity index is 0.00000261. The quantitative estimate of drug-likeness (QED) is 0.427. The lowest BCUT2D eigenvalue weighted by Crippen LogP contribution is -2.37. The van der Waals surface area contributed by atoms with E-state index in [0.717, 1.165) is 37.0 Å². The van der Waals surface area contributed by atoms with E-state index in [-0.39, 0.29) is 22.7 Å². The van der Waals surface area contributed by atoms with Crippen LogP contribution in [-0.2, 0) is 6.42 Å². The third-order valence-corrected chi connectivity index (χ3v) is 5.12. The first-order valence-electron chi connectivity index (χ1n) is 8.94. The largest absolute Gasteiger partial charge is 0.492 e. The molecular formula is C20H24BrClN2O3. The molecule has 1 aliphatic heterocycles. The highest BCUT2D eigenvalue weighted by atomic mass is 79.9. The van der Waals surface area contributed by atoms with Crippen LogP contribution in [0, 0.1) is 16.0 Å². The number of halogens is 2. The third kappa shape index (κ3) is 6.79. The van der Waals surface area contributed by atoms with Crippen LogP contribution in [0.2, 0.25) is 5.02 Å². The SMILES string of the molecule is Br.O=[N+]([O-])c1ccc(OCCN2CCC(Cc3ccc(Cl)cc3)CC2)cc1. The van der Waals surface area contributed by atoms with Gasteiger partial charge in [0.15, 0.2) is 0 Å². The van der Waals surface area contributed by atoms with Gasteiger partial charge < -0.3 is 4.74 Å². The van der Waals surface area contributed by atoms with E-state index in [1.165, 1.54) is 30.5 Å². The second kappa shape index (κ2) is 10.6. The number of hydrogen-bond acceptors (Lipinski definition) is 4. The van der Waals surface area contributed by atoms with Gasteiger partial charge in [-0.2, -0.15) is 0 Å². The highest BCUT2D eigenvalue weighted by molar-refractivity contribution is 8.93. The van der Waals surface area contributed by atoms with Crippen molar-refractivity contribution in [3.63, 3.8) is 0 Å². The van der Waals surface area contributed by atoms with E-state index in [1.807, 2.05) is 12.1 Å². The predicted octanol–water partition coefficient (Wildman–Crippen LogP) is 5.16. The molecule has 0 unspecified atom stereocenters. The van der Waals surface area contributed by atoms with Crippen molar-refractivity contribution in [1.29, 1.82) is 0 Å². The van der Waals surface area contributed by atoms with Crippen LogP contribution >= 0.6 is 28.6 Å². The van der Waals surface area contributed by atoms with Crippen LogP contribution < -0.4 is 4.74 Å². The summed E-state index contributed by atoms with van der Waals surface area (Å²) in [5.74, 6) is 1.40. The van der Waals surface area contributed by atoms with Crippen molar-refractivity contribution < 1.29 is 9.66 Å². The Morgan fingerprint density at radius 2 is 1.70 bits per heavy atom. The molecule has 3 rings (SSSR count). The maximum atomic E-state index is 10.6. The minimum atomic E-state index is -0.405. The average molecular weight is 456 g/mol. The molecule has 1 saturated heterocycles. The Bertz CT molecular complexity index is 717. The van der Waals surface area contributed by atoms with Crippen molar-refractivity contribution >= 4 is 34.3 Å². The van der Waals surface area contributed by atoms with E-state index in [9.17, 15) is 10.1 Å². The molecule has 7 heteroatoms. The van der Waals surface area contributed by atoms with Crippen LogP contribution in [0.3, 0.4) is 0 Å². The number of nitro groups is 1. The number of likely N-dealkylation sites (tertiary alicyclic amines) is 1. The second-order valence-corrected chi connectivity index (χ2v) is 7.15. The highest BCUT2D eigenvalue weighted by Crippen LogP contribution is 2.23. The molecule has 146 valence electrons. The summed E-state index contributed by atoms with van der Waals surface area (Å²) in [6.45, 7) is 3.65. The lowest BCUT2D eigenvalue weighted by molar-refractivity contribution is -0.384. The molecule has 0 saturated carbocycles. The van der Waals surface area contributed by atoms with Crippen LogP contribution in [0.5, 0.6) is 5.75 Å². The van der Waals surface area contributed by atoms with Crippen molar-refractivity contribution in [2.45, 2.75) is 19.3 Å². The fourth-order valence-electron chi connectivity index (χ4n) is 3.32. The molecule has 0 amide bonds. The maximum absolute atomic E-state index is 10.6. The number of hydrogen-bond donors (Lipinski definition) is 0. The number of benzene rings is 2. The highest BCUT2D eigenvalue weighted by Gasteiger charge is 2.19. The van der Waals surface area contributed by atoms with Gasteiger partial charge in [-0.3, -0.25) is 15.0 Å². The molecule has 1 heterocycles.